The smallest absolute Gasteiger partial charge is 0.256 e. The van der Waals surface area contributed by atoms with Crippen LogP contribution in [0.2, 0.25) is 0 Å². The van der Waals surface area contributed by atoms with Gasteiger partial charge in [0.15, 0.2) is 17.1 Å². The molecule has 8 heteroatoms. The number of aryl methyl sites for hydroxylation is 2. The lowest BCUT2D eigenvalue weighted by atomic mass is 10.0. The molecule has 5 rings (SSSR count). The molecule has 0 saturated heterocycles. The lowest BCUT2D eigenvalue weighted by Gasteiger charge is -2.12. The van der Waals surface area contributed by atoms with E-state index in [0.717, 1.165) is 33.2 Å². The number of aromatic nitrogens is 4. The molecule has 170 valence electrons. The van der Waals surface area contributed by atoms with E-state index < -0.39 is 0 Å². The summed E-state index contributed by atoms with van der Waals surface area (Å²) in [6, 6.07) is 16.8. The minimum atomic E-state index is -0.247. The Bertz CT molecular complexity index is 1560. The lowest BCUT2D eigenvalue weighted by Crippen LogP contribution is -2.13. The molecule has 1 amide bonds. The minimum Gasteiger partial charge on any atom is -0.493 e. The number of carbonyl (C=O) groups excluding carboxylic acids is 1. The molecule has 0 aliphatic carbocycles. The van der Waals surface area contributed by atoms with Gasteiger partial charge in [-0.1, -0.05) is 18.2 Å². The molecule has 0 fully saturated rings. The number of methoxy groups -OCH3 is 2. The molecular formula is C26H23N5O3. The summed E-state index contributed by atoms with van der Waals surface area (Å²) in [7, 11) is 5.02. The van der Waals surface area contributed by atoms with E-state index in [2.05, 4.69) is 15.4 Å². The normalized spacial score (nSPS) is 11.1. The van der Waals surface area contributed by atoms with Gasteiger partial charge in [-0.3, -0.25) is 9.48 Å². The van der Waals surface area contributed by atoms with Crippen LogP contribution in [0, 0.1) is 6.92 Å². The van der Waals surface area contributed by atoms with Crippen LogP contribution in [-0.4, -0.2) is 39.9 Å². The van der Waals surface area contributed by atoms with E-state index in [1.54, 1.807) is 31.2 Å². The van der Waals surface area contributed by atoms with Crippen molar-refractivity contribution in [3.05, 3.63) is 72.1 Å². The zero-order valence-electron chi connectivity index (χ0n) is 19.3. The molecule has 0 saturated carbocycles. The first kappa shape index (κ1) is 21.4. The van der Waals surface area contributed by atoms with Crippen molar-refractivity contribution in [1.82, 2.24) is 19.7 Å². The number of carbonyl (C=O) groups is 1. The number of rotatable bonds is 5. The van der Waals surface area contributed by atoms with E-state index in [1.165, 1.54) is 0 Å². The molecule has 8 nitrogen and oxygen atoms in total. The summed E-state index contributed by atoms with van der Waals surface area (Å²) in [4.78, 5) is 22.7. The predicted octanol–water partition coefficient (Wildman–Crippen LogP) is 4.76. The van der Waals surface area contributed by atoms with Gasteiger partial charge in [-0.15, -0.1) is 0 Å². The molecule has 3 aromatic heterocycles. The number of para-hydroxylation sites is 1. The fourth-order valence-electron chi connectivity index (χ4n) is 4.08. The largest absolute Gasteiger partial charge is 0.493 e. The second kappa shape index (κ2) is 8.47. The van der Waals surface area contributed by atoms with Gasteiger partial charge in [0.25, 0.3) is 5.91 Å². The molecule has 0 atom stereocenters. The summed E-state index contributed by atoms with van der Waals surface area (Å²) in [5, 5.41) is 9.04. The Morgan fingerprint density at radius 2 is 1.76 bits per heavy atom. The SMILES string of the molecule is COc1ccc(-c2cc(C(=O)Nc3cnc4c(c3)c(C)nn4C)c3ccccc3n2)cc1OC. The second-order valence-corrected chi connectivity index (χ2v) is 7.90. The monoisotopic (exact) mass is 453 g/mol. The van der Waals surface area contributed by atoms with Crippen LogP contribution in [0.1, 0.15) is 16.1 Å². The number of benzene rings is 2. The zero-order chi connectivity index (χ0) is 23.8. The highest BCUT2D eigenvalue weighted by Crippen LogP contribution is 2.33. The van der Waals surface area contributed by atoms with Crippen molar-refractivity contribution < 1.29 is 14.3 Å². The number of ether oxygens (including phenoxy) is 2. The molecule has 0 aliphatic heterocycles. The number of fused-ring (bicyclic) bond motifs is 2. The summed E-state index contributed by atoms with van der Waals surface area (Å²) >= 11 is 0. The highest BCUT2D eigenvalue weighted by atomic mass is 16.5. The molecule has 1 N–H and O–H groups in total. The van der Waals surface area contributed by atoms with E-state index in [9.17, 15) is 4.79 Å². The van der Waals surface area contributed by atoms with Gasteiger partial charge in [-0.2, -0.15) is 5.10 Å². The lowest BCUT2D eigenvalue weighted by molar-refractivity contribution is 0.102. The third kappa shape index (κ3) is 3.69. The molecule has 5 aromatic rings. The predicted molar refractivity (Wildman–Crippen MR) is 131 cm³/mol. The van der Waals surface area contributed by atoms with Gasteiger partial charge < -0.3 is 14.8 Å². The Morgan fingerprint density at radius 1 is 0.971 bits per heavy atom. The van der Waals surface area contributed by atoms with E-state index in [-0.39, 0.29) is 5.91 Å². The Morgan fingerprint density at radius 3 is 2.56 bits per heavy atom. The fraction of sp³-hybridized carbons (Fsp3) is 0.154. The highest BCUT2D eigenvalue weighted by Gasteiger charge is 2.16. The first-order valence-electron chi connectivity index (χ1n) is 10.7. The summed E-state index contributed by atoms with van der Waals surface area (Å²) in [5.74, 6) is 0.966. The molecule has 0 radical (unpaired) electrons. The van der Waals surface area contributed by atoms with Crippen molar-refractivity contribution in [3.8, 4) is 22.8 Å². The third-order valence-electron chi connectivity index (χ3n) is 5.76. The van der Waals surface area contributed by atoms with E-state index in [1.807, 2.05) is 62.5 Å². The number of pyridine rings is 2. The zero-order valence-corrected chi connectivity index (χ0v) is 19.3. The maximum absolute atomic E-state index is 13.4. The van der Waals surface area contributed by atoms with Gasteiger partial charge in [-0.25, -0.2) is 9.97 Å². The van der Waals surface area contributed by atoms with Crippen molar-refractivity contribution in [2.24, 2.45) is 7.05 Å². The van der Waals surface area contributed by atoms with Crippen LogP contribution >= 0.6 is 0 Å². The number of hydrogen-bond acceptors (Lipinski definition) is 6. The van der Waals surface area contributed by atoms with Gasteiger partial charge >= 0.3 is 0 Å². The van der Waals surface area contributed by atoms with Gasteiger partial charge in [0, 0.05) is 23.4 Å². The number of nitrogens with zero attached hydrogens (tertiary/aromatic N) is 4. The number of nitrogens with one attached hydrogen (secondary N) is 1. The van der Waals surface area contributed by atoms with Crippen LogP contribution in [-0.2, 0) is 7.05 Å². The van der Waals surface area contributed by atoms with Crippen molar-refractivity contribution in [3.63, 3.8) is 0 Å². The first-order valence-corrected chi connectivity index (χ1v) is 10.7. The Balaban J connectivity index is 1.57. The molecule has 0 bridgehead atoms. The standard InChI is InChI=1S/C26H23N5O3/c1-15-19-12-17(14-27-25(19)31(2)30-15)28-26(32)20-13-22(29-21-8-6-5-7-18(20)21)16-9-10-23(33-3)24(11-16)34-4/h5-14H,1-4H3,(H,28,32). The van der Waals surface area contributed by atoms with E-state index in [0.29, 0.717) is 28.4 Å². The molecule has 34 heavy (non-hydrogen) atoms. The first-order chi connectivity index (χ1) is 16.5. The minimum absolute atomic E-state index is 0.247. The van der Waals surface area contributed by atoms with Crippen molar-refractivity contribution in [2.75, 3.05) is 19.5 Å². The highest BCUT2D eigenvalue weighted by molar-refractivity contribution is 6.13. The molecule has 2 aromatic carbocycles. The maximum atomic E-state index is 13.4. The second-order valence-electron chi connectivity index (χ2n) is 7.90. The Kier molecular flexibility index (Phi) is 5.33. The van der Waals surface area contributed by atoms with E-state index in [4.69, 9.17) is 14.5 Å². The third-order valence-corrected chi connectivity index (χ3v) is 5.76. The summed E-state index contributed by atoms with van der Waals surface area (Å²) < 4.78 is 12.5. The van der Waals surface area contributed by atoms with Crippen LogP contribution in [0.3, 0.4) is 0 Å². The van der Waals surface area contributed by atoms with Gasteiger partial charge in [0.1, 0.15) is 0 Å². The fourth-order valence-corrected chi connectivity index (χ4v) is 4.08. The maximum Gasteiger partial charge on any atom is 0.256 e. The van der Waals surface area contributed by atoms with Gasteiger partial charge in [0.05, 0.1) is 48.6 Å². The van der Waals surface area contributed by atoms with Crippen LogP contribution in [0.25, 0.3) is 33.2 Å². The topological polar surface area (TPSA) is 91.2 Å². The van der Waals surface area contributed by atoms with Gasteiger partial charge in [-0.05, 0) is 43.3 Å². The average molecular weight is 454 g/mol. The quantitative estimate of drug-likeness (QED) is 0.413. The molecule has 0 spiro atoms. The molecular weight excluding hydrogens is 430 g/mol. The average Bonchev–Trinajstić information content (AvgIpc) is 3.15. The van der Waals surface area contributed by atoms with Crippen molar-refractivity contribution in [2.45, 2.75) is 6.92 Å². The van der Waals surface area contributed by atoms with Gasteiger partial charge in [0.2, 0.25) is 0 Å². The summed E-state index contributed by atoms with van der Waals surface area (Å²) in [6.07, 6.45) is 1.64. The number of anilines is 1. The Hall–Kier alpha value is -4.46. The number of amides is 1. The molecule has 3 heterocycles. The van der Waals surface area contributed by atoms with E-state index >= 15 is 0 Å². The molecule has 0 unspecified atom stereocenters. The summed E-state index contributed by atoms with van der Waals surface area (Å²) in [6.45, 7) is 1.92. The van der Waals surface area contributed by atoms with Crippen molar-refractivity contribution >= 4 is 33.5 Å². The van der Waals surface area contributed by atoms with Crippen LogP contribution in [0.4, 0.5) is 5.69 Å². The van der Waals surface area contributed by atoms with Crippen molar-refractivity contribution in [1.29, 1.82) is 0 Å². The molecule has 0 aliphatic rings. The van der Waals surface area contributed by atoms with Crippen LogP contribution in [0.5, 0.6) is 11.5 Å². The Labute approximate surface area is 196 Å². The van der Waals surface area contributed by atoms with Crippen LogP contribution in [0.15, 0.2) is 60.8 Å². The number of hydrogen-bond donors (Lipinski definition) is 1. The van der Waals surface area contributed by atoms with Crippen LogP contribution < -0.4 is 14.8 Å². The summed E-state index contributed by atoms with van der Waals surface area (Å²) in [5.41, 5.74) is 4.91.